The van der Waals surface area contributed by atoms with Gasteiger partial charge in [-0.05, 0) is 25.5 Å². The molecule has 0 aliphatic rings. The van der Waals surface area contributed by atoms with Crippen molar-refractivity contribution in [3.63, 3.8) is 0 Å². The Morgan fingerprint density at radius 2 is 1.84 bits per heavy atom. The number of alkyl halides is 3. The van der Waals surface area contributed by atoms with Crippen molar-refractivity contribution in [2.24, 2.45) is 0 Å². The van der Waals surface area contributed by atoms with Gasteiger partial charge in [-0.1, -0.05) is 18.2 Å². The highest BCUT2D eigenvalue weighted by molar-refractivity contribution is 7.11. The van der Waals surface area contributed by atoms with Crippen LogP contribution in [0, 0.1) is 13.8 Å². The molecule has 1 atom stereocenters. The van der Waals surface area contributed by atoms with Crippen LogP contribution in [0.5, 0.6) is 0 Å². The van der Waals surface area contributed by atoms with Crippen molar-refractivity contribution in [1.82, 2.24) is 4.98 Å². The van der Waals surface area contributed by atoms with Crippen molar-refractivity contribution in [3.8, 4) is 0 Å². The maximum atomic E-state index is 12.9. The van der Waals surface area contributed by atoms with Gasteiger partial charge >= 0.3 is 6.18 Å². The monoisotopic (exact) mass is 287 g/mol. The SMILES string of the molecule is Cc1nc(C)c(C(O)c2ccccc2C(F)(F)F)s1. The van der Waals surface area contributed by atoms with Crippen LogP contribution in [-0.2, 0) is 6.18 Å². The molecule has 0 saturated heterocycles. The maximum absolute atomic E-state index is 12.9. The number of aliphatic hydroxyl groups is 1. The fraction of sp³-hybridized carbons (Fsp3) is 0.308. The molecule has 2 aromatic rings. The molecular formula is C13H12F3NOS. The fourth-order valence-electron chi connectivity index (χ4n) is 1.94. The zero-order valence-electron chi connectivity index (χ0n) is 10.3. The zero-order chi connectivity index (χ0) is 14.2. The number of rotatable bonds is 2. The molecule has 1 N–H and O–H groups in total. The summed E-state index contributed by atoms with van der Waals surface area (Å²) in [6.45, 7) is 3.43. The normalized spacial score (nSPS) is 13.6. The van der Waals surface area contributed by atoms with Crippen LogP contribution >= 0.6 is 11.3 Å². The highest BCUT2D eigenvalue weighted by Gasteiger charge is 2.35. The van der Waals surface area contributed by atoms with E-state index in [2.05, 4.69) is 4.98 Å². The van der Waals surface area contributed by atoms with Gasteiger partial charge in [-0.15, -0.1) is 11.3 Å². The molecule has 0 aliphatic heterocycles. The summed E-state index contributed by atoms with van der Waals surface area (Å²) in [5.74, 6) is 0. The third-order valence-corrected chi connectivity index (χ3v) is 3.87. The van der Waals surface area contributed by atoms with Gasteiger partial charge < -0.3 is 5.11 Å². The van der Waals surface area contributed by atoms with E-state index in [1.165, 1.54) is 29.5 Å². The average molecular weight is 287 g/mol. The first kappa shape index (κ1) is 14.0. The van der Waals surface area contributed by atoms with Crippen molar-refractivity contribution in [1.29, 1.82) is 0 Å². The summed E-state index contributed by atoms with van der Waals surface area (Å²) in [5, 5.41) is 10.9. The van der Waals surface area contributed by atoms with E-state index >= 15 is 0 Å². The minimum absolute atomic E-state index is 0.137. The Hall–Kier alpha value is -1.40. The van der Waals surface area contributed by atoms with Gasteiger partial charge in [0.2, 0.25) is 0 Å². The minimum atomic E-state index is -4.48. The Bertz CT molecular complexity index is 592. The molecule has 0 radical (unpaired) electrons. The number of thiazole rings is 1. The molecule has 2 nitrogen and oxygen atoms in total. The third kappa shape index (κ3) is 2.79. The first-order valence-corrected chi connectivity index (χ1v) is 6.40. The Labute approximate surface area is 112 Å². The van der Waals surface area contributed by atoms with Gasteiger partial charge in [0.15, 0.2) is 0 Å². The Morgan fingerprint density at radius 1 is 1.21 bits per heavy atom. The summed E-state index contributed by atoms with van der Waals surface area (Å²) in [4.78, 5) is 4.58. The summed E-state index contributed by atoms with van der Waals surface area (Å²) in [6.07, 6.45) is -5.78. The molecule has 0 bridgehead atoms. The molecule has 0 fully saturated rings. The molecule has 0 saturated carbocycles. The molecule has 102 valence electrons. The van der Waals surface area contributed by atoms with Gasteiger partial charge in [-0.2, -0.15) is 13.2 Å². The van der Waals surface area contributed by atoms with Gasteiger partial charge in [-0.3, -0.25) is 0 Å². The zero-order valence-corrected chi connectivity index (χ0v) is 11.1. The van der Waals surface area contributed by atoms with Gasteiger partial charge in [0, 0.05) is 0 Å². The Morgan fingerprint density at radius 3 is 2.37 bits per heavy atom. The van der Waals surface area contributed by atoms with Gasteiger partial charge in [-0.25, -0.2) is 4.98 Å². The molecule has 1 heterocycles. The van der Waals surface area contributed by atoms with E-state index in [-0.39, 0.29) is 5.56 Å². The quantitative estimate of drug-likeness (QED) is 0.909. The molecule has 1 aromatic carbocycles. The molecule has 2 rings (SSSR count). The van der Waals surface area contributed by atoms with Crippen molar-refractivity contribution < 1.29 is 18.3 Å². The first-order valence-electron chi connectivity index (χ1n) is 5.59. The molecule has 6 heteroatoms. The van der Waals surface area contributed by atoms with Crippen LogP contribution in [0.1, 0.15) is 32.8 Å². The van der Waals surface area contributed by atoms with E-state index in [0.717, 1.165) is 11.1 Å². The number of aliphatic hydroxyl groups excluding tert-OH is 1. The number of hydrogen-bond donors (Lipinski definition) is 1. The molecular weight excluding hydrogens is 275 g/mol. The molecule has 0 aliphatic carbocycles. The Kier molecular flexibility index (Phi) is 3.64. The second-order valence-electron chi connectivity index (χ2n) is 4.17. The lowest BCUT2D eigenvalue weighted by Crippen LogP contribution is -2.12. The van der Waals surface area contributed by atoms with Crippen LogP contribution in [0.15, 0.2) is 24.3 Å². The van der Waals surface area contributed by atoms with Gasteiger partial charge in [0.05, 0.1) is 21.1 Å². The summed E-state index contributed by atoms with van der Waals surface area (Å²) >= 11 is 1.21. The third-order valence-electron chi connectivity index (χ3n) is 2.75. The number of aromatic nitrogens is 1. The van der Waals surface area contributed by atoms with E-state index in [4.69, 9.17) is 0 Å². The number of nitrogens with zero attached hydrogens (tertiary/aromatic N) is 1. The van der Waals surface area contributed by atoms with Gasteiger partial charge in [0.25, 0.3) is 0 Å². The lowest BCUT2D eigenvalue weighted by molar-refractivity contribution is -0.139. The summed E-state index contributed by atoms with van der Waals surface area (Å²) < 4.78 is 38.7. The predicted molar refractivity (Wildman–Crippen MR) is 67.1 cm³/mol. The number of halogens is 3. The summed E-state index contributed by atoms with van der Waals surface area (Å²) in [6, 6.07) is 5.06. The second-order valence-corrected chi connectivity index (χ2v) is 5.40. The topological polar surface area (TPSA) is 33.1 Å². The van der Waals surface area contributed by atoms with E-state index in [0.29, 0.717) is 10.6 Å². The molecule has 1 aromatic heterocycles. The highest BCUT2D eigenvalue weighted by Crippen LogP contribution is 2.38. The van der Waals surface area contributed by atoms with Crippen LogP contribution in [0.25, 0.3) is 0 Å². The second kappa shape index (κ2) is 4.94. The van der Waals surface area contributed by atoms with E-state index in [1.807, 2.05) is 0 Å². The fourth-order valence-corrected chi connectivity index (χ4v) is 2.87. The number of aryl methyl sites for hydroxylation is 2. The lowest BCUT2D eigenvalue weighted by Gasteiger charge is -2.16. The maximum Gasteiger partial charge on any atom is 0.416 e. The van der Waals surface area contributed by atoms with Crippen molar-refractivity contribution >= 4 is 11.3 Å². The smallest absolute Gasteiger partial charge is 0.383 e. The van der Waals surface area contributed by atoms with Crippen LogP contribution in [0.2, 0.25) is 0 Å². The summed E-state index contributed by atoms with van der Waals surface area (Å²) in [5.41, 5.74) is -0.387. The molecule has 19 heavy (non-hydrogen) atoms. The van der Waals surface area contributed by atoms with E-state index in [9.17, 15) is 18.3 Å². The first-order chi connectivity index (χ1) is 8.80. The minimum Gasteiger partial charge on any atom is -0.383 e. The molecule has 0 spiro atoms. The average Bonchev–Trinajstić information content (AvgIpc) is 2.66. The molecule has 0 amide bonds. The standard InChI is InChI=1S/C13H12F3NOS/c1-7-12(19-8(2)17-7)11(18)9-5-3-4-6-10(9)13(14,15)16/h3-6,11,18H,1-2H3. The highest BCUT2D eigenvalue weighted by atomic mass is 32.1. The van der Waals surface area contributed by atoms with Crippen molar-refractivity contribution in [3.05, 3.63) is 51.0 Å². The van der Waals surface area contributed by atoms with Crippen LogP contribution in [0.3, 0.4) is 0 Å². The van der Waals surface area contributed by atoms with Gasteiger partial charge in [0.1, 0.15) is 6.10 Å². The lowest BCUT2D eigenvalue weighted by atomic mass is 10.0. The molecule has 1 unspecified atom stereocenters. The number of hydrogen-bond acceptors (Lipinski definition) is 3. The van der Waals surface area contributed by atoms with Crippen molar-refractivity contribution in [2.45, 2.75) is 26.1 Å². The van der Waals surface area contributed by atoms with E-state index < -0.39 is 17.8 Å². The Balaban J connectivity index is 2.50. The largest absolute Gasteiger partial charge is 0.416 e. The summed E-state index contributed by atoms with van der Waals surface area (Å²) in [7, 11) is 0. The predicted octanol–water partition coefficient (Wildman–Crippen LogP) is 3.86. The van der Waals surface area contributed by atoms with E-state index in [1.54, 1.807) is 13.8 Å². The number of benzene rings is 1. The van der Waals surface area contributed by atoms with Crippen LogP contribution in [-0.4, -0.2) is 10.1 Å². The van der Waals surface area contributed by atoms with Crippen molar-refractivity contribution in [2.75, 3.05) is 0 Å². The van der Waals surface area contributed by atoms with Crippen LogP contribution < -0.4 is 0 Å². The van der Waals surface area contributed by atoms with Crippen LogP contribution in [0.4, 0.5) is 13.2 Å².